The van der Waals surface area contributed by atoms with Gasteiger partial charge in [-0.15, -0.1) is 0 Å². The number of aromatic nitrogens is 4. The third-order valence-electron chi connectivity index (χ3n) is 4.64. The number of rotatable bonds is 4. The fraction of sp³-hybridized carbons (Fsp3) is 0.562. The molecule has 2 aromatic heterocycles. The van der Waals surface area contributed by atoms with Crippen LogP contribution in [0.15, 0.2) is 12.4 Å². The minimum absolute atomic E-state index is 0.0970. The summed E-state index contributed by atoms with van der Waals surface area (Å²) in [5.74, 6) is 0.515. The van der Waals surface area contributed by atoms with Crippen molar-refractivity contribution in [2.45, 2.75) is 45.3 Å². The van der Waals surface area contributed by atoms with Crippen molar-refractivity contribution >= 4 is 17.5 Å². The predicted molar refractivity (Wildman–Crippen MR) is 88.9 cm³/mol. The van der Waals surface area contributed by atoms with E-state index in [1.165, 1.54) is 13.5 Å². The largest absolute Gasteiger partial charge is 0.421 e. The van der Waals surface area contributed by atoms with Crippen LogP contribution in [0.3, 0.4) is 0 Å². The second kappa shape index (κ2) is 6.53. The Labute approximate surface area is 143 Å². The van der Waals surface area contributed by atoms with Crippen molar-refractivity contribution in [3.63, 3.8) is 0 Å². The summed E-state index contributed by atoms with van der Waals surface area (Å²) >= 11 is 0. The van der Waals surface area contributed by atoms with E-state index in [0.717, 1.165) is 24.7 Å². The van der Waals surface area contributed by atoms with Crippen LogP contribution in [0.5, 0.6) is 0 Å². The standard InChI is InChI=1S/C16H21F3N6/c1-9-4-5-11(6-9)25-10(2)13(8-22-25)23-15-21-7-12(16(17,18)19)14(20-3)24-15/h7-9,11H,4-6H2,1-3H3,(H2,20,21,23,24)/t9-,11-/m1/s1. The fourth-order valence-electron chi connectivity index (χ4n) is 3.27. The van der Waals surface area contributed by atoms with Crippen LogP contribution in [-0.2, 0) is 6.18 Å². The average molecular weight is 354 g/mol. The zero-order valence-electron chi connectivity index (χ0n) is 14.4. The topological polar surface area (TPSA) is 67.7 Å². The molecule has 3 rings (SSSR count). The van der Waals surface area contributed by atoms with Crippen LogP contribution in [0, 0.1) is 12.8 Å². The van der Waals surface area contributed by atoms with Crippen LogP contribution in [-0.4, -0.2) is 26.8 Å². The summed E-state index contributed by atoms with van der Waals surface area (Å²) in [4.78, 5) is 7.71. The van der Waals surface area contributed by atoms with Gasteiger partial charge in [0.2, 0.25) is 5.95 Å². The van der Waals surface area contributed by atoms with E-state index in [4.69, 9.17) is 0 Å². The molecule has 0 bridgehead atoms. The number of alkyl halides is 3. The van der Waals surface area contributed by atoms with Crippen molar-refractivity contribution in [2.24, 2.45) is 5.92 Å². The van der Waals surface area contributed by atoms with Gasteiger partial charge in [-0.3, -0.25) is 4.68 Å². The monoisotopic (exact) mass is 354 g/mol. The summed E-state index contributed by atoms with van der Waals surface area (Å²) in [6.07, 6.45) is 1.29. The van der Waals surface area contributed by atoms with E-state index < -0.39 is 11.7 Å². The highest BCUT2D eigenvalue weighted by molar-refractivity contribution is 5.58. The molecule has 1 saturated carbocycles. The predicted octanol–water partition coefficient (Wildman–Crippen LogP) is 4.15. The average Bonchev–Trinajstić information content (AvgIpc) is 3.13. The van der Waals surface area contributed by atoms with Gasteiger partial charge in [-0.25, -0.2) is 4.98 Å². The number of nitrogens with zero attached hydrogens (tertiary/aromatic N) is 4. The zero-order valence-corrected chi connectivity index (χ0v) is 14.4. The molecule has 2 heterocycles. The molecule has 1 aliphatic carbocycles. The van der Waals surface area contributed by atoms with Crippen LogP contribution in [0.25, 0.3) is 0 Å². The number of hydrogen-bond acceptors (Lipinski definition) is 5. The summed E-state index contributed by atoms with van der Waals surface area (Å²) < 4.78 is 40.7. The first-order valence-electron chi connectivity index (χ1n) is 8.22. The first kappa shape index (κ1) is 17.5. The van der Waals surface area contributed by atoms with Gasteiger partial charge < -0.3 is 10.6 Å². The Morgan fingerprint density at radius 2 is 2.00 bits per heavy atom. The Morgan fingerprint density at radius 1 is 1.24 bits per heavy atom. The van der Waals surface area contributed by atoms with Gasteiger partial charge in [-0.05, 0) is 32.1 Å². The lowest BCUT2D eigenvalue weighted by Gasteiger charge is -2.14. The molecule has 2 aromatic rings. The van der Waals surface area contributed by atoms with E-state index in [9.17, 15) is 13.2 Å². The highest BCUT2D eigenvalue weighted by Gasteiger charge is 2.35. The second-order valence-electron chi connectivity index (χ2n) is 6.49. The molecule has 2 atom stereocenters. The maximum absolute atomic E-state index is 12.9. The Kier molecular flexibility index (Phi) is 4.57. The lowest BCUT2D eigenvalue weighted by atomic mass is 10.1. The molecule has 136 valence electrons. The maximum atomic E-state index is 12.9. The number of halogens is 3. The minimum atomic E-state index is -4.50. The fourth-order valence-corrected chi connectivity index (χ4v) is 3.27. The van der Waals surface area contributed by atoms with Crippen molar-refractivity contribution in [1.82, 2.24) is 19.7 Å². The molecule has 25 heavy (non-hydrogen) atoms. The van der Waals surface area contributed by atoms with Crippen molar-refractivity contribution in [2.75, 3.05) is 17.7 Å². The molecule has 0 radical (unpaired) electrons. The maximum Gasteiger partial charge on any atom is 0.421 e. The molecular formula is C16H21F3N6. The van der Waals surface area contributed by atoms with Crippen molar-refractivity contribution < 1.29 is 13.2 Å². The van der Waals surface area contributed by atoms with Crippen LogP contribution >= 0.6 is 0 Å². The number of nitrogens with one attached hydrogen (secondary N) is 2. The van der Waals surface area contributed by atoms with Crippen LogP contribution < -0.4 is 10.6 Å². The smallest absolute Gasteiger partial charge is 0.372 e. The molecule has 0 unspecified atom stereocenters. The van der Waals surface area contributed by atoms with E-state index in [1.807, 2.05) is 11.6 Å². The van der Waals surface area contributed by atoms with Gasteiger partial charge in [-0.2, -0.15) is 23.3 Å². The summed E-state index contributed by atoms with van der Waals surface area (Å²) in [7, 11) is 1.39. The molecule has 0 saturated heterocycles. The van der Waals surface area contributed by atoms with E-state index in [1.54, 1.807) is 6.20 Å². The zero-order chi connectivity index (χ0) is 18.2. The Bertz CT molecular complexity index is 755. The third kappa shape index (κ3) is 3.54. The summed E-state index contributed by atoms with van der Waals surface area (Å²) in [6.45, 7) is 4.16. The van der Waals surface area contributed by atoms with Crippen molar-refractivity contribution in [3.05, 3.63) is 23.7 Å². The molecule has 9 heteroatoms. The highest BCUT2D eigenvalue weighted by Crippen LogP contribution is 2.36. The minimum Gasteiger partial charge on any atom is -0.372 e. The molecule has 0 spiro atoms. The Balaban J connectivity index is 1.82. The molecular weight excluding hydrogens is 333 g/mol. The molecule has 0 aromatic carbocycles. The van der Waals surface area contributed by atoms with Crippen LogP contribution in [0.1, 0.15) is 43.5 Å². The van der Waals surface area contributed by atoms with Gasteiger partial charge in [0, 0.05) is 13.2 Å². The highest BCUT2D eigenvalue weighted by atomic mass is 19.4. The van der Waals surface area contributed by atoms with Gasteiger partial charge >= 0.3 is 6.18 Å². The molecule has 1 aliphatic rings. The molecule has 0 aliphatic heterocycles. The van der Waals surface area contributed by atoms with Gasteiger partial charge in [0.25, 0.3) is 0 Å². The molecule has 1 fully saturated rings. The van der Waals surface area contributed by atoms with Gasteiger partial charge in [0.05, 0.1) is 23.6 Å². The lowest BCUT2D eigenvalue weighted by Crippen LogP contribution is -2.13. The third-order valence-corrected chi connectivity index (χ3v) is 4.64. The molecule has 2 N–H and O–H groups in total. The van der Waals surface area contributed by atoms with Gasteiger partial charge in [0.15, 0.2) is 0 Å². The quantitative estimate of drug-likeness (QED) is 0.863. The number of anilines is 3. The second-order valence-corrected chi connectivity index (χ2v) is 6.49. The number of hydrogen-bond donors (Lipinski definition) is 2. The molecule has 0 amide bonds. The van der Waals surface area contributed by atoms with Crippen molar-refractivity contribution in [3.8, 4) is 0 Å². The summed E-state index contributed by atoms with van der Waals surface area (Å²) in [6, 6.07) is 0.368. The Hall–Kier alpha value is -2.32. The normalized spacial score (nSPS) is 20.7. The van der Waals surface area contributed by atoms with E-state index in [-0.39, 0.29) is 11.8 Å². The van der Waals surface area contributed by atoms with Crippen LogP contribution in [0.4, 0.5) is 30.6 Å². The Morgan fingerprint density at radius 3 is 2.60 bits per heavy atom. The van der Waals surface area contributed by atoms with Gasteiger partial charge in [0.1, 0.15) is 11.4 Å². The summed E-state index contributed by atoms with van der Waals surface area (Å²) in [5, 5.41) is 9.86. The van der Waals surface area contributed by atoms with Crippen LogP contribution in [0.2, 0.25) is 0 Å². The van der Waals surface area contributed by atoms with E-state index >= 15 is 0 Å². The van der Waals surface area contributed by atoms with E-state index in [2.05, 4.69) is 32.6 Å². The molecule has 6 nitrogen and oxygen atoms in total. The first-order chi connectivity index (χ1) is 11.8. The van der Waals surface area contributed by atoms with Crippen molar-refractivity contribution in [1.29, 1.82) is 0 Å². The van der Waals surface area contributed by atoms with E-state index in [0.29, 0.717) is 17.6 Å². The van der Waals surface area contributed by atoms with Gasteiger partial charge in [-0.1, -0.05) is 6.92 Å². The lowest BCUT2D eigenvalue weighted by molar-refractivity contribution is -0.137. The summed E-state index contributed by atoms with van der Waals surface area (Å²) in [5.41, 5.74) is 0.725. The first-order valence-corrected chi connectivity index (χ1v) is 8.22. The SMILES string of the molecule is CNc1nc(Nc2cnn([C@@H]3CC[C@@H](C)C3)c2C)ncc1C(F)(F)F.